The summed E-state index contributed by atoms with van der Waals surface area (Å²) >= 11 is 0. The maximum absolute atomic E-state index is 10.8. The standard InChI is InChI=1S/C11H16O.C2H6/c1-5-11(6-2)8-7-9(3)10(4)12;1-2/h5,7-8H,1,6H2,2-4H3;1-2H3/b9-7+,11-8+;. The van der Waals surface area contributed by atoms with Crippen molar-refractivity contribution in [2.45, 2.75) is 41.0 Å². The van der Waals surface area contributed by atoms with Gasteiger partial charge in [-0.3, -0.25) is 4.79 Å². The number of allylic oxidation sites excluding steroid dienone is 5. The Bertz CT molecular complexity index is 226. The van der Waals surface area contributed by atoms with Crippen molar-refractivity contribution in [2.75, 3.05) is 0 Å². The first-order valence-corrected chi connectivity index (χ1v) is 5.12. The van der Waals surface area contributed by atoms with Crippen LogP contribution in [0.15, 0.2) is 36.0 Å². The van der Waals surface area contributed by atoms with Crippen LogP contribution in [0, 0.1) is 0 Å². The first-order valence-electron chi connectivity index (χ1n) is 5.12. The molecule has 0 aliphatic rings. The summed E-state index contributed by atoms with van der Waals surface area (Å²) in [5.74, 6) is 0.116. The van der Waals surface area contributed by atoms with E-state index in [1.807, 2.05) is 39.0 Å². The fourth-order valence-corrected chi connectivity index (χ4v) is 0.680. The molecule has 0 aromatic carbocycles. The van der Waals surface area contributed by atoms with Crippen molar-refractivity contribution < 1.29 is 4.79 Å². The van der Waals surface area contributed by atoms with E-state index < -0.39 is 0 Å². The number of rotatable bonds is 4. The lowest BCUT2D eigenvalue weighted by Crippen LogP contribution is -1.89. The molecular formula is C13H22O. The van der Waals surface area contributed by atoms with Crippen LogP contribution in [0.3, 0.4) is 0 Å². The van der Waals surface area contributed by atoms with E-state index in [1.54, 1.807) is 6.92 Å². The number of carbonyl (C=O) groups is 1. The molecule has 0 aromatic heterocycles. The second-order valence-corrected chi connectivity index (χ2v) is 2.71. The topological polar surface area (TPSA) is 17.1 Å². The van der Waals surface area contributed by atoms with Crippen molar-refractivity contribution >= 4 is 5.78 Å². The van der Waals surface area contributed by atoms with E-state index in [-0.39, 0.29) is 5.78 Å². The monoisotopic (exact) mass is 194 g/mol. The van der Waals surface area contributed by atoms with Gasteiger partial charge in [0.1, 0.15) is 0 Å². The Morgan fingerprint density at radius 3 is 2.00 bits per heavy atom. The molecule has 0 aliphatic heterocycles. The maximum Gasteiger partial charge on any atom is 0.155 e. The van der Waals surface area contributed by atoms with E-state index in [4.69, 9.17) is 0 Å². The summed E-state index contributed by atoms with van der Waals surface area (Å²) in [6, 6.07) is 0. The molecule has 0 fully saturated rings. The second kappa shape index (κ2) is 9.97. The highest BCUT2D eigenvalue weighted by Crippen LogP contribution is 2.03. The van der Waals surface area contributed by atoms with Crippen LogP contribution >= 0.6 is 0 Å². The predicted octanol–water partition coefficient (Wildman–Crippen LogP) is 4.07. The van der Waals surface area contributed by atoms with Gasteiger partial charge in [0.2, 0.25) is 0 Å². The normalized spacial score (nSPS) is 11.5. The summed E-state index contributed by atoms with van der Waals surface area (Å²) < 4.78 is 0. The lowest BCUT2D eigenvalue weighted by molar-refractivity contribution is -0.113. The maximum atomic E-state index is 10.8. The Balaban J connectivity index is 0. The highest BCUT2D eigenvalue weighted by molar-refractivity contribution is 5.92. The Labute approximate surface area is 88.2 Å². The lowest BCUT2D eigenvalue weighted by Gasteiger charge is -1.93. The number of ketones is 1. The molecule has 0 amide bonds. The smallest absolute Gasteiger partial charge is 0.155 e. The van der Waals surface area contributed by atoms with Gasteiger partial charge in [0.15, 0.2) is 5.78 Å². The van der Waals surface area contributed by atoms with Crippen molar-refractivity contribution in [3.63, 3.8) is 0 Å². The summed E-state index contributed by atoms with van der Waals surface area (Å²) in [6.45, 7) is 13.1. The molecule has 0 heterocycles. The molecule has 1 nitrogen and oxygen atoms in total. The van der Waals surface area contributed by atoms with Crippen LogP contribution in [0.25, 0.3) is 0 Å². The van der Waals surface area contributed by atoms with Gasteiger partial charge in [0.25, 0.3) is 0 Å². The molecule has 0 saturated carbocycles. The lowest BCUT2D eigenvalue weighted by atomic mass is 10.1. The first-order chi connectivity index (χ1) is 6.61. The van der Waals surface area contributed by atoms with E-state index in [9.17, 15) is 4.79 Å². The van der Waals surface area contributed by atoms with Gasteiger partial charge >= 0.3 is 0 Å². The molecule has 0 unspecified atom stereocenters. The summed E-state index contributed by atoms with van der Waals surface area (Å²) in [4.78, 5) is 10.8. The molecular weight excluding hydrogens is 172 g/mol. The van der Waals surface area contributed by atoms with Crippen molar-refractivity contribution in [2.24, 2.45) is 0 Å². The van der Waals surface area contributed by atoms with Crippen LogP contribution in [0.2, 0.25) is 0 Å². The highest BCUT2D eigenvalue weighted by Gasteiger charge is 1.92. The zero-order chi connectivity index (χ0) is 11.6. The fourth-order valence-electron chi connectivity index (χ4n) is 0.680. The minimum absolute atomic E-state index is 0.116. The number of Topliss-reactive ketones (excluding diaryl/α,β-unsaturated/α-hetero) is 1. The summed E-state index contributed by atoms with van der Waals surface area (Å²) in [7, 11) is 0. The van der Waals surface area contributed by atoms with Gasteiger partial charge in [-0.2, -0.15) is 0 Å². The molecule has 0 radical (unpaired) electrons. The van der Waals surface area contributed by atoms with Crippen LogP contribution in [0.1, 0.15) is 41.0 Å². The van der Waals surface area contributed by atoms with Crippen LogP contribution in [-0.4, -0.2) is 5.78 Å². The minimum Gasteiger partial charge on any atom is -0.295 e. The molecule has 80 valence electrons. The number of hydrogen-bond acceptors (Lipinski definition) is 1. The van der Waals surface area contributed by atoms with Gasteiger partial charge < -0.3 is 0 Å². The Hall–Kier alpha value is -1.11. The third-order valence-corrected chi connectivity index (χ3v) is 1.77. The third kappa shape index (κ3) is 7.53. The molecule has 0 aliphatic carbocycles. The Kier molecular flexibility index (Phi) is 10.9. The predicted molar refractivity (Wildman–Crippen MR) is 64.4 cm³/mol. The van der Waals surface area contributed by atoms with Crippen molar-refractivity contribution in [3.8, 4) is 0 Å². The van der Waals surface area contributed by atoms with E-state index in [0.29, 0.717) is 0 Å². The molecule has 0 bridgehead atoms. The number of hydrogen-bond donors (Lipinski definition) is 0. The largest absolute Gasteiger partial charge is 0.295 e. The second-order valence-electron chi connectivity index (χ2n) is 2.71. The van der Waals surface area contributed by atoms with E-state index in [1.165, 1.54) is 0 Å². The average Bonchev–Trinajstić information content (AvgIpc) is 2.22. The summed E-state index contributed by atoms with van der Waals surface area (Å²) in [5.41, 5.74) is 1.93. The van der Waals surface area contributed by atoms with E-state index in [2.05, 4.69) is 13.5 Å². The minimum atomic E-state index is 0.116. The summed E-state index contributed by atoms with van der Waals surface area (Å²) in [5, 5.41) is 0. The Morgan fingerprint density at radius 2 is 1.71 bits per heavy atom. The average molecular weight is 194 g/mol. The zero-order valence-corrected chi connectivity index (χ0v) is 10.1. The van der Waals surface area contributed by atoms with Crippen LogP contribution < -0.4 is 0 Å². The number of carbonyl (C=O) groups excluding carboxylic acids is 1. The third-order valence-electron chi connectivity index (χ3n) is 1.77. The fraction of sp³-hybridized carbons (Fsp3) is 0.462. The molecule has 0 N–H and O–H groups in total. The van der Waals surface area contributed by atoms with Gasteiger partial charge in [0, 0.05) is 0 Å². The molecule has 1 heteroatoms. The molecule has 0 spiro atoms. The van der Waals surface area contributed by atoms with Gasteiger partial charge in [-0.05, 0) is 31.4 Å². The quantitative estimate of drug-likeness (QED) is 0.487. The molecule has 0 aromatic rings. The molecule has 0 atom stereocenters. The van der Waals surface area contributed by atoms with Crippen molar-refractivity contribution in [1.29, 1.82) is 0 Å². The van der Waals surface area contributed by atoms with Crippen molar-refractivity contribution in [1.82, 2.24) is 0 Å². The molecule has 14 heavy (non-hydrogen) atoms. The van der Waals surface area contributed by atoms with Gasteiger partial charge in [0.05, 0.1) is 0 Å². The van der Waals surface area contributed by atoms with Crippen LogP contribution in [0.5, 0.6) is 0 Å². The highest BCUT2D eigenvalue weighted by atomic mass is 16.1. The van der Waals surface area contributed by atoms with Gasteiger partial charge in [-0.1, -0.05) is 45.6 Å². The first kappa shape index (κ1) is 15.4. The van der Waals surface area contributed by atoms with Gasteiger partial charge in [-0.25, -0.2) is 0 Å². The van der Waals surface area contributed by atoms with Crippen LogP contribution in [0.4, 0.5) is 0 Å². The van der Waals surface area contributed by atoms with Crippen LogP contribution in [-0.2, 0) is 4.79 Å². The zero-order valence-electron chi connectivity index (χ0n) is 10.1. The molecule has 0 saturated heterocycles. The molecule has 0 rings (SSSR count). The van der Waals surface area contributed by atoms with Crippen molar-refractivity contribution in [3.05, 3.63) is 36.0 Å². The SMILES string of the molecule is C=C/C(=C\C=C(/C)C(C)=O)CC.CC. The van der Waals surface area contributed by atoms with E-state index >= 15 is 0 Å². The van der Waals surface area contributed by atoms with E-state index in [0.717, 1.165) is 17.6 Å². The Morgan fingerprint density at radius 1 is 1.21 bits per heavy atom. The van der Waals surface area contributed by atoms with Gasteiger partial charge in [-0.15, -0.1) is 0 Å². The summed E-state index contributed by atoms with van der Waals surface area (Å²) in [6.07, 6.45) is 6.53.